The third kappa shape index (κ3) is 9.06. The maximum Gasteiger partial charge on any atom is 0.303 e. The number of hydrogen-bond donors (Lipinski definition) is 4. The Morgan fingerprint density at radius 3 is 2.49 bits per heavy atom. The number of pyridine rings is 1. The number of carboxylic acids is 1. The molecule has 4 N–H and O–H groups in total. The molecule has 1 aliphatic rings. The van der Waals surface area contributed by atoms with Crippen LogP contribution < -0.4 is 5.32 Å². The van der Waals surface area contributed by atoms with E-state index in [0.717, 1.165) is 28.0 Å². The van der Waals surface area contributed by atoms with Gasteiger partial charge in [0.25, 0.3) is 5.91 Å². The number of aliphatic imine (C=N–C) groups is 1. The maximum atomic E-state index is 13.1. The Kier molecular flexibility index (Phi) is 10.1. The second-order valence-corrected chi connectivity index (χ2v) is 12.2. The van der Waals surface area contributed by atoms with Crippen molar-refractivity contribution in [2.45, 2.75) is 70.3 Å². The fraction of sp³-hybridized carbons (Fsp3) is 0.382. The summed E-state index contributed by atoms with van der Waals surface area (Å²) in [6.07, 6.45) is 4.42. The molecule has 1 aromatic heterocycles. The van der Waals surface area contributed by atoms with E-state index < -0.39 is 23.9 Å². The van der Waals surface area contributed by atoms with Gasteiger partial charge in [-0.1, -0.05) is 45.0 Å². The molecule has 2 atom stereocenters. The van der Waals surface area contributed by atoms with E-state index in [1.165, 1.54) is 6.07 Å². The van der Waals surface area contributed by atoms with Crippen LogP contribution in [0.15, 0.2) is 65.9 Å². The van der Waals surface area contributed by atoms with Crippen LogP contribution >= 0.6 is 0 Å². The second-order valence-electron chi connectivity index (χ2n) is 12.2. The summed E-state index contributed by atoms with van der Waals surface area (Å²) in [4.78, 5) is 46.5. The molecule has 0 saturated carbocycles. The second kappa shape index (κ2) is 13.7. The van der Waals surface area contributed by atoms with Crippen molar-refractivity contribution in [2.24, 2.45) is 4.99 Å². The first-order valence-electron chi connectivity index (χ1n) is 14.5. The number of hydrogen-bond acceptors (Lipinski definition) is 7. The van der Waals surface area contributed by atoms with Crippen LogP contribution in [0.4, 0.5) is 0 Å². The Morgan fingerprint density at radius 1 is 1.05 bits per heavy atom. The molecule has 1 aliphatic heterocycles. The van der Waals surface area contributed by atoms with Gasteiger partial charge in [-0.15, -0.1) is 0 Å². The molecule has 226 valence electrons. The molecule has 0 bridgehead atoms. The molecule has 2 aromatic carbocycles. The highest BCUT2D eigenvalue weighted by molar-refractivity contribution is 5.98. The standard InChI is InChI=1S/C34H39N3O6/c1-34(2,3)27-13-23(22-5-4-8-35-18-22)12-24(14-27)25(17-32(41)42)15-31(40)20-37-33(43)26-9-21(11-30(39)16-26)10-28-6-7-29(38)19-36-28/h4-5,8-9,11-14,16,18,25,29,38-39H,6-7,10,15,17,19-20H2,1-3H3,(H,37,43)(H,41,42)/t25-,29?/m0/s1. The van der Waals surface area contributed by atoms with Gasteiger partial charge < -0.3 is 20.6 Å². The highest BCUT2D eigenvalue weighted by atomic mass is 16.4. The van der Waals surface area contributed by atoms with Gasteiger partial charge in [-0.05, 0) is 64.8 Å². The fourth-order valence-corrected chi connectivity index (χ4v) is 5.19. The Morgan fingerprint density at radius 2 is 1.84 bits per heavy atom. The lowest BCUT2D eigenvalue weighted by molar-refractivity contribution is -0.137. The van der Waals surface area contributed by atoms with Crippen molar-refractivity contribution in [1.29, 1.82) is 0 Å². The van der Waals surface area contributed by atoms with Gasteiger partial charge >= 0.3 is 5.97 Å². The molecule has 9 heteroatoms. The lowest BCUT2D eigenvalue weighted by atomic mass is 9.81. The molecular formula is C34H39N3O6. The van der Waals surface area contributed by atoms with E-state index in [1.54, 1.807) is 24.5 Å². The highest BCUT2D eigenvalue weighted by Gasteiger charge is 2.24. The number of carboxylic acid groups (broad SMARTS) is 1. The molecular weight excluding hydrogens is 546 g/mol. The van der Waals surface area contributed by atoms with Crippen LogP contribution in [0, 0.1) is 0 Å². The van der Waals surface area contributed by atoms with Crippen LogP contribution in [0.2, 0.25) is 0 Å². The lowest BCUT2D eigenvalue weighted by Gasteiger charge is -2.24. The normalized spacial score (nSPS) is 15.8. The number of nitrogens with one attached hydrogen (secondary N) is 1. The number of carbonyl (C=O) groups excluding carboxylic acids is 2. The van der Waals surface area contributed by atoms with Crippen molar-refractivity contribution in [3.63, 3.8) is 0 Å². The van der Waals surface area contributed by atoms with Gasteiger partial charge in [0, 0.05) is 48.0 Å². The third-order valence-corrected chi connectivity index (χ3v) is 7.57. The van der Waals surface area contributed by atoms with E-state index in [1.807, 2.05) is 24.3 Å². The first kappa shape index (κ1) is 31.6. The van der Waals surface area contributed by atoms with Crippen molar-refractivity contribution in [1.82, 2.24) is 10.3 Å². The van der Waals surface area contributed by atoms with Crippen LogP contribution in [0.1, 0.15) is 79.4 Å². The summed E-state index contributed by atoms with van der Waals surface area (Å²) in [5, 5.41) is 32.2. The van der Waals surface area contributed by atoms with E-state index in [2.05, 4.69) is 42.1 Å². The van der Waals surface area contributed by atoms with Gasteiger partial charge in [0.2, 0.25) is 0 Å². The summed E-state index contributed by atoms with van der Waals surface area (Å²) in [5.41, 5.74) is 5.12. The minimum Gasteiger partial charge on any atom is -0.508 e. The average Bonchev–Trinajstić information content (AvgIpc) is 2.96. The number of benzene rings is 2. The minimum absolute atomic E-state index is 0.0659. The Hall–Kier alpha value is -4.37. The van der Waals surface area contributed by atoms with Crippen molar-refractivity contribution in [3.05, 3.63) is 83.2 Å². The van der Waals surface area contributed by atoms with Gasteiger partial charge in [0.1, 0.15) is 5.75 Å². The zero-order valence-corrected chi connectivity index (χ0v) is 24.8. The molecule has 1 unspecified atom stereocenters. The van der Waals surface area contributed by atoms with Crippen molar-refractivity contribution in [2.75, 3.05) is 13.1 Å². The first-order valence-corrected chi connectivity index (χ1v) is 14.5. The van der Waals surface area contributed by atoms with E-state index in [4.69, 9.17) is 0 Å². The number of carbonyl (C=O) groups is 3. The first-order chi connectivity index (χ1) is 20.4. The van der Waals surface area contributed by atoms with Crippen LogP contribution in [-0.2, 0) is 21.4 Å². The molecule has 0 aliphatic carbocycles. The molecule has 4 rings (SSSR count). The average molecular weight is 586 g/mol. The number of aliphatic carboxylic acids is 1. The Bertz CT molecular complexity index is 1510. The molecule has 0 saturated heterocycles. The van der Waals surface area contributed by atoms with Crippen molar-refractivity contribution in [3.8, 4) is 16.9 Å². The molecule has 0 fully saturated rings. The summed E-state index contributed by atoms with van der Waals surface area (Å²) in [6.45, 7) is 6.29. The summed E-state index contributed by atoms with van der Waals surface area (Å²) >= 11 is 0. The fourth-order valence-electron chi connectivity index (χ4n) is 5.19. The number of aromatic hydroxyl groups is 1. The largest absolute Gasteiger partial charge is 0.508 e. The van der Waals surface area contributed by atoms with Crippen LogP contribution in [0.25, 0.3) is 11.1 Å². The lowest BCUT2D eigenvalue weighted by Crippen LogP contribution is -2.30. The van der Waals surface area contributed by atoms with Crippen LogP contribution in [0.3, 0.4) is 0 Å². The quantitative estimate of drug-likeness (QED) is 0.252. The van der Waals surface area contributed by atoms with Gasteiger partial charge in [-0.2, -0.15) is 0 Å². The summed E-state index contributed by atoms with van der Waals surface area (Å²) < 4.78 is 0. The summed E-state index contributed by atoms with van der Waals surface area (Å²) in [6, 6.07) is 14.3. The highest BCUT2D eigenvalue weighted by Crippen LogP contribution is 2.34. The predicted octanol–water partition coefficient (Wildman–Crippen LogP) is 4.84. The number of Topliss-reactive ketones (excluding diaryl/α,β-unsaturated/α-hetero) is 1. The van der Waals surface area contributed by atoms with Gasteiger partial charge in [0.15, 0.2) is 5.78 Å². The van der Waals surface area contributed by atoms with E-state index in [0.29, 0.717) is 31.4 Å². The van der Waals surface area contributed by atoms with Crippen LogP contribution in [0.5, 0.6) is 5.75 Å². The third-order valence-electron chi connectivity index (χ3n) is 7.57. The number of ketones is 1. The molecule has 9 nitrogen and oxygen atoms in total. The molecule has 3 aromatic rings. The monoisotopic (exact) mass is 585 g/mol. The van der Waals surface area contributed by atoms with E-state index in [9.17, 15) is 29.7 Å². The number of aromatic nitrogens is 1. The van der Waals surface area contributed by atoms with E-state index >= 15 is 0 Å². The number of rotatable bonds is 11. The SMILES string of the molecule is CC(C)(C)c1cc(-c2cccnc2)cc([C@H](CC(=O)O)CC(=O)CNC(=O)c2cc(O)cc(CC3=NCC(O)CC3)c2)c1. The smallest absolute Gasteiger partial charge is 0.303 e. The van der Waals surface area contributed by atoms with Crippen molar-refractivity contribution < 1.29 is 29.7 Å². The zero-order chi connectivity index (χ0) is 31.1. The number of phenolic OH excluding ortho intramolecular Hbond substituents is 1. The number of nitrogens with zero attached hydrogens (tertiary/aromatic N) is 2. The molecule has 1 amide bonds. The molecule has 0 spiro atoms. The van der Waals surface area contributed by atoms with Crippen molar-refractivity contribution >= 4 is 23.4 Å². The Balaban J connectivity index is 1.48. The molecule has 0 radical (unpaired) electrons. The number of phenols is 1. The van der Waals surface area contributed by atoms with Gasteiger partial charge in [-0.3, -0.25) is 24.4 Å². The topological polar surface area (TPSA) is 149 Å². The Labute approximate surface area is 251 Å². The molecule has 43 heavy (non-hydrogen) atoms. The number of aliphatic hydroxyl groups excluding tert-OH is 1. The number of aliphatic hydroxyl groups is 1. The summed E-state index contributed by atoms with van der Waals surface area (Å²) in [5.74, 6) is -2.51. The zero-order valence-electron chi connectivity index (χ0n) is 24.8. The summed E-state index contributed by atoms with van der Waals surface area (Å²) in [7, 11) is 0. The predicted molar refractivity (Wildman–Crippen MR) is 165 cm³/mol. The van der Waals surface area contributed by atoms with E-state index in [-0.39, 0.29) is 41.9 Å². The van der Waals surface area contributed by atoms with Gasteiger partial charge in [-0.25, -0.2) is 0 Å². The van der Waals surface area contributed by atoms with Gasteiger partial charge in [0.05, 0.1) is 25.6 Å². The maximum absolute atomic E-state index is 13.1. The number of amides is 1. The molecule has 2 heterocycles. The minimum atomic E-state index is -1.02. The van der Waals surface area contributed by atoms with Crippen LogP contribution in [-0.4, -0.2) is 62.9 Å².